The average Bonchev–Trinajstić information content (AvgIpc) is 2.35. The summed E-state index contributed by atoms with van der Waals surface area (Å²) in [5.74, 6) is -0.400. The maximum absolute atomic E-state index is 11.2. The van der Waals surface area contributed by atoms with Crippen molar-refractivity contribution in [1.29, 1.82) is 0 Å². The number of anilines is 1. The van der Waals surface area contributed by atoms with Gasteiger partial charge in [0, 0.05) is 11.3 Å². The Bertz CT molecular complexity index is 384. The minimum atomic E-state index is -0.400. The van der Waals surface area contributed by atoms with Crippen LogP contribution in [0.3, 0.4) is 0 Å². The fourth-order valence-corrected chi connectivity index (χ4v) is 1.30. The van der Waals surface area contributed by atoms with Crippen molar-refractivity contribution in [3.8, 4) is 0 Å². The monoisotopic (exact) mass is 217 g/mol. The first-order valence-corrected chi connectivity index (χ1v) is 4.89. The highest BCUT2D eigenvalue weighted by atomic mass is 16.5. The van der Waals surface area contributed by atoms with Gasteiger partial charge in [0.15, 0.2) is 0 Å². The van der Waals surface area contributed by atoms with Gasteiger partial charge in [-0.25, -0.2) is 4.79 Å². The van der Waals surface area contributed by atoms with Gasteiger partial charge in [0.1, 0.15) is 0 Å². The topological polar surface area (TPSA) is 29.5 Å². The molecule has 0 unspecified atom stereocenters. The third kappa shape index (κ3) is 2.98. The number of hydrogen-bond donors (Lipinski definition) is 0. The molecule has 1 aromatic rings. The maximum Gasteiger partial charge on any atom is 0.334 e. The summed E-state index contributed by atoms with van der Waals surface area (Å²) in [6, 6.07) is 9.65. The van der Waals surface area contributed by atoms with Crippen molar-refractivity contribution in [1.82, 2.24) is 0 Å². The first kappa shape index (κ1) is 12.0. The first-order valence-electron chi connectivity index (χ1n) is 4.89. The van der Waals surface area contributed by atoms with E-state index in [1.54, 1.807) is 6.20 Å². The van der Waals surface area contributed by atoms with Crippen LogP contribution in [0.1, 0.15) is 0 Å². The van der Waals surface area contributed by atoms with Gasteiger partial charge in [-0.15, -0.1) is 0 Å². The standard InChI is InChI=1S/C13H15NO2/c1-4-14(10-11(2)13(15)16-3)12-8-6-5-7-9-12/h4-9H,1-2,10H2,3H3. The molecule has 0 heterocycles. The molecule has 0 bridgehead atoms. The van der Waals surface area contributed by atoms with Crippen molar-refractivity contribution >= 4 is 11.7 Å². The second-order valence-corrected chi connectivity index (χ2v) is 3.24. The fourth-order valence-electron chi connectivity index (χ4n) is 1.30. The molecule has 0 fully saturated rings. The van der Waals surface area contributed by atoms with Gasteiger partial charge in [-0.05, 0) is 18.3 Å². The lowest BCUT2D eigenvalue weighted by Crippen LogP contribution is -2.22. The van der Waals surface area contributed by atoms with Crippen molar-refractivity contribution in [2.75, 3.05) is 18.6 Å². The van der Waals surface area contributed by atoms with Crippen molar-refractivity contribution in [2.24, 2.45) is 0 Å². The number of nitrogens with zero attached hydrogens (tertiary/aromatic N) is 1. The highest BCUT2D eigenvalue weighted by molar-refractivity contribution is 5.88. The number of para-hydroxylation sites is 1. The quantitative estimate of drug-likeness (QED) is 0.560. The van der Waals surface area contributed by atoms with Crippen LogP contribution in [0.4, 0.5) is 5.69 Å². The first-order chi connectivity index (χ1) is 7.69. The van der Waals surface area contributed by atoms with E-state index in [1.807, 2.05) is 35.2 Å². The number of rotatable bonds is 5. The molecule has 0 aliphatic carbocycles. The van der Waals surface area contributed by atoms with Crippen LogP contribution in [0.25, 0.3) is 0 Å². The predicted molar refractivity (Wildman–Crippen MR) is 65.1 cm³/mol. The fraction of sp³-hybridized carbons (Fsp3) is 0.154. The molecule has 0 amide bonds. The van der Waals surface area contributed by atoms with Gasteiger partial charge >= 0.3 is 5.97 Å². The molecule has 0 N–H and O–H groups in total. The van der Waals surface area contributed by atoms with Gasteiger partial charge in [-0.1, -0.05) is 31.4 Å². The lowest BCUT2D eigenvalue weighted by molar-refractivity contribution is -0.136. The second-order valence-electron chi connectivity index (χ2n) is 3.24. The number of hydrogen-bond acceptors (Lipinski definition) is 3. The molecule has 0 saturated heterocycles. The van der Waals surface area contributed by atoms with Gasteiger partial charge in [0.25, 0.3) is 0 Å². The van der Waals surface area contributed by atoms with Crippen LogP contribution in [-0.2, 0) is 9.53 Å². The number of ether oxygens (including phenoxy) is 1. The molecule has 0 aliphatic heterocycles. The van der Waals surface area contributed by atoms with E-state index < -0.39 is 5.97 Å². The van der Waals surface area contributed by atoms with Crippen LogP contribution in [-0.4, -0.2) is 19.6 Å². The maximum atomic E-state index is 11.2. The minimum Gasteiger partial charge on any atom is -0.466 e. The molecule has 3 heteroatoms. The molecule has 3 nitrogen and oxygen atoms in total. The van der Waals surface area contributed by atoms with E-state index in [0.29, 0.717) is 12.1 Å². The Morgan fingerprint density at radius 1 is 1.44 bits per heavy atom. The van der Waals surface area contributed by atoms with Crippen molar-refractivity contribution in [3.63, 3.8) is 0 Å². The van der Waals surface area contributed by atoms with E-state index in [2.05, 4.69) is 17.9 Å². The summed E-state index contributed by atoms with van der Waals surface area (Å²) in [5.41, 5.74) is 1.36. The van der Waals surface area contributed by atoms with Crippen LogP contribution in [0.2, 0.25) is 0 Å². The van der Waals surface area contributed by atoms with Gasteiger partial charge in [-0.3, -0.25) is 0 Å². The number of esters is 1. The molecule has 0 aliphatic rings. The summed E-state index contributed by atoms with van der Waals surface area (Å²) in [7, 11) is 1.34. The summed E-state index contributed by atoms with van der Waals surface area (Å²) in [6.45, 7) is 7.76. The summed E-state index contributed by atoms with van der Waals surface area (Å²) in [6.07, 6.45) is 1.66. The molecule has 0 saturated carbocycles. The van der Waals surface area contributed by atoms with Crippen LogP contribution < -0.4 is 4.90 Å². The summed E-state index contributed by atoms with van der Waals surface area (Å²) in [4.78, 5) is 13.0. The number of carbonyl (C=O) groups excluding carboxylic acids is 1. The molecular weight excluding hydrogens is 202 g/mol. The highest BCUT2D eigenvalue weighted by Gasteiger charge is 2.10. The van der Waals surface area contributed by atoms with E-state index in [9.17, 15) is 4.79 Å². The Morgan fingerprint density at radius 2 is 2.06 bits per heavy atom. The van der Waals surface area contributed by atoms with Crippen LogP contribution in [0, 0.1) is 0 Å². The molecule has 0 atom stereocenters. The van der Waals surface area contributed by atoms with Crippen LogP contribution in [0.5, 0.6) is 0 Å². The zero-order valence-corrected chi connectivity index (χ0v) is 9.35. The van der Waals surface area contributed by atoms with Gasteiger partial charge in [0.2, 0.25) is 0 Å². The Labute approximate surface area is 95.6 Å². The molecule has 0 spiro atoms. The number of benzene rings is 1. The summed E-state index contributed by atoms with van der Waals surface area (Å²) >= 11 is 0. The van der Waals surface area contributed by atoms with E-state index in [1.165, 1.54) is 7.11 Å². The Hall–Kier alpha value is -2.03. The molecule has 1 rings (SSSR count). The van der Waals surface area contributed by atoms with Crippen LogP contribution in [0.15, 0.2) is 55.3 Å². The predicted octanol–water partition coefficient (Wildman–Crippen LogP) is 2.37. The van der Waals surface area contributed by atoms with E-state index in [-0.39, 0.29) is 0 Å². The average molecular weight is 217 g/mol. The largest absolute Gasteiger partial charge is 0.466 e. The van der Waals surface area contributed by atoms with Gasteiger partial charge in [-0.2, -0.15) is 0 Å². The highest BCUT2D eigenvalue weighted by Crippen LogP contribution is 2.14. The lowest BCUT2D eigenvalue weighted by Gasteiger charge is -2.20. The van der Waals surface area contributed by atoms with E-state index in [0.717, 1.165) is 5.69 Å². The Morgan fingerprint density at radius 3 is 2.56 bits per heavy atom. The van der Waals surface area contributed by atoms with E-state index in [4.69, 9.17) is 0 Å². The molecular formula is C13H15NO2. The van der Waals surface area contributed by atoms with Crippen molar-refractivity contribution in [3.05, 3.63) is 55.3 Å². The minimum absolute atomic E-state index is 0.375. The van der Waals surface area contributed by atoms with E-state index >= 15 is 0 Å². The Balaban J connectivity index is 2.74. The molecule has 1 aromatic carbocycles. The van der Waals surface area contributed by atoms with Gasteiger partial charge in [0.05, 0.1) is 13.7 Å². The summed E-state index contributed by atoms with van der Waals surface area (Å²) in [5, 5.41) is 0. The molecule has 16 heavy (non-hydrogen) atoms. The lowest BCUT2D eigenvalue weighted by atomic mass is 10.2. The van der Waals surface area contributed by atoms with Crippen LogP contribution >= 0.6 is 0 Å². The number of methoxy groups -OCH3 is 1. The number of carbonyl (C=O) groups is 1. The third-order valence-corrected chi connectivity index (χ3v) is 2.14. The zero-order valence-electron chi connectivity index (χ0n) is 9.35. The normalized spacial score (nSPS) is 9.31. The third-order valence-electron chi connectivity index (χ3n) is 2.14. The zero-order chi connectivity index (χ0) is 12.0. The van der Waals surface area contributed by atoms with Crippen molar-refractivity contribution in [2.45, 2.75) is 0 Å². The molecule has 84 valence electrons. The Kier molecular flexibility index (Phi) is 4.33. The van der Waals surface area contributed by atoms with Crippen molar-refractivity contribution < 1.29 is 9.53 Å². The SMILES string of the molecule is C=CN(CC(=C)C(=O)OC)c1ccccc1. The molecule has 0 radical (unpaired) electrons. The second kappa shape index (κ2) is 5.75. The van der Waals surface area contributed by atoms with Gasteiger partial charge < -0.3 is 9.64 Å². The summed E-state index contributed by atoms with van der Waals surface area (Å²) < 4.78 is 4.59. The molecule has 0 aromatic heterocycles. The smallest absolute Gasteiger partial charge is 0.334 e.